The van der Waals surface area contributed by atoms with Crippen molar-refractivity contribution < 1.29 is 15.0 Å². The van der Waals surface area contributed by atoms with Gasteiger partial charge in [0, 0.05) is 11.2 Å². The molecule has 0 bridgehead atoms. The van der Waals surface area contributed by atoms with E-state index in [1.54, 1.807) is 6.92 Å². The Morgan fingerprint density at radius 1 is 1.38 bits per heavy atom. The number of aliphatic hydroxyl groups is 2. The maximum absolute atomic E-state index is 11.1. The summed E-state index contributed by atoms with van der Waals surface area (Å²) in [6.45, 7) is 0.0500. The van der Waals surface area contributed by atoms with Crippen molar-refractivity contribution in [3.63, 3.8) is 0 Å². The van der Waals surface area contributed by atoms with Gasteiger partial charge in [-0.2, -0.15) is 0 Å². The standard InChI is InChI=1S/C7H7Cl2O3P/c1-3-2-4(13(8)9)6(11)7(12)5(3)10/h2-3,11-12H,1H3. The highest BCUT2D eigenvalue weighted by molar-refractivity contribution is 8.06. The number of carbonyl (C=O) groups excluding carboxylic acids is 1. The van der Waals surface area contributed by atoms with Crippen molar-refractivity contribution in [1.82, 2.24) is 0 Å². The minimum Gasteiger partial charge on any atom is -0.504 e. The lowest BCUT2D eigenvalue weighted by Gasteiger charge is -2.17. The van der Waals surface area contributed by atoms with E-state index < -0.39 is 29.8 Å². The molecule has 6 heteroatoms. The van der Waals surface area contributed by atoms with Crippen molar-refractivity contribution in [2.75, 3.05) is 0 Å². The van der Waals surface area contributed by atoms with Crippen LogP contribution in [0.1, 0.15) is 6.92 Å². The Bertz CT molecular complexity index is 309. The van der Waals surface area contributed by atoms with Gasteiger partial charge in [0.2, 0.25) is 11.5 Å². The fourth-order valence-electron chi connectivity index (χ4n) is 0.981. The minimum absolute atomic E-state index is 0.239. The molecule has 0 fully saturated rings. The van der Waals surface area contributed by atoms with Crippen LogP contribution in [0.4, 0.5) is 0 Å². The second-order valence-electron chi connectivity index (χ2n) is 2.63. The molecular weight excluding hydrogens is 234 g/mol. The second kappa shape index (κ2) is 3.87. The lowest BCUT2D eigenvalue weighted by atomic mass is 9.99. The van der Waals surface area contributed by atoms with Crippen LogP contribution in [0.25, 0.3) is 0 Å². The third-order valence-corrected chi connectivity index (χ3v) is 3.52. The predicted molar refractivity (Wildman–Crippen MR) is 53.2 cm³/mol. The molecule has 1 atom stereocenters. The van der Waals surface area contributed by atoms with Crippen LogP contribution in [0.3, 0.4) is 0 Å². The molecule has 0 heterocycles. The van der Waals surface area contributed by atoms with Crippen molar-refractivity contribution in [1.29, 1.82) is 0 Å². The van der Waals surface area contributed by atoms with Crippen molar-refractivity contribution in [2.24, 2.45) is 5.92 Å². The molecule has 0 spiro atoms. The third kappa shape index (κ3) is 1.98. The Balaban J connectivity index is 3.13. The number of Topliss-reactive ketones (excluding diaryl/α,β-unsaturated/α-hetero) is 1. The largest absolute Gasteiger partial charge is 0.504 e. The van der Waals surface area contributed by atoms with Gasteiger partial charge in [-0.3, -0.25) is 4.79 Å². The van der Waals surface area contributed by atoms with E-state index in [0.717, 1.165) is 0 Å². The van der Waals surface area contributed by atoms with E-state index in [2.05, 4.69) is 0 Å². The number of hydrogen-bond acceptors (Lipinski definition) is 3. The Kier molecular flexibility index (Phi) is 3.23. The summed E-state index contributed by atoms with van der Waals surface area (Å²) >= 11 is 11.2. The van der Waals surface area contributed by atoms with E-state index in [9.17, 15) is 9.90 Å². The van der Waals surface area contributed by atoms with Gasteiger partial charge in [0.1, 0.15) is 6.63 Å². The Morgan fingerprint density at radius 2 is 1.92 bits per heavy atom. The van der Waals surface area contributed by atoms with E-state index in [1.165, 1.54) is 6.08 Å². The van der Waals surface area contributed by atoms with E-state index in [1.807, 2.05) is 0 Å². The van der Waals surface area contributed by atoms with Crippen LogP contribution in [0.15, 0.2) is 22.9 Å². The summed E-state index contributed by atoms with van der Waals surface area (Å²) < 4.78 is 0. The average Bonchev–Trinajstić information content (AvgIpc) is 2.07. The van der Waals surface area contributed by atoms with Gasteiger partial charge in [-0.15, -0.1) is 0 Å². The number of aliphatic hydroxyl groups excluding tert-OH is 2. The molecule has 0 amide bonds. The predicted octanol–water partition coefficient (Wildman–Crippen LogP) is 3.21. The van der Waals surface area contributed by atoms with Crippen molar-refractivity contribution in [2.45, 2.75) is 6.92 Å². The van der Waals surface area contributed by atoms with Gasteiger partial charge in [0.15, 0.2) is 5.76 Å². The number of rotatable bonds is 1. The lowest BCUT2D eigenvalue weighted by molar-refractivity contribution is -0.120. The topological polar surface area (TPSA) is 57.5 Å². The molecule has 0 saturated carbocycles. The first-order valence-corrected chi connectivity index (χ1v) is 6.60. The van der Waals surface area contributed by atoms with Crippen molar-refractivity contribution >= 4 is 34.9 Å². The molecule has 1 aliphatic carbocycles. The van der Waals surface area contributed by atoms with Crippen LogP contribution < -0.4 is 0 Å². The maximum Gasteiger partial charge on any atom is 0.207 e. The smallest absolute Gasteiger partial charge is 0.207 e. The Labute approximate surface area is 86.0 Å². The average molecular weight is 241 g/mol. The van der Waals surface area contributed by atoms with Gasteiger partial charge in [-0.1, -0.05) is 35.5 Å². The zero-order valence-electron chi connectivity index (χ0n) is 6.66. The molecule has 13 heavy (non-hydrogen) atoms. The van der Waals surface area contributed by atoms with Gasteiger partial charge in [0.25, 0.3) is 0 Å². The number of halogens is 2. The van der Waals surface area contributed by atoms with E-state index in [4.69, 9.17) is 27.6 Å². The first-order chi connectivity index (χ1) is 5.95. The molecular formula is C7H7Cl2O3P. The fourth-order valence-corrected chi connectivity index (χ4v) is 2.40. The maximum atomic E-state index is 11.1. The SMILES string of the molecule is CC1C=C(P(Cl)Cl)C(O)=C(O)C1=O. The summed E-state index contributed by atoms with van der Waals surface area (Å²) in [4.78, 5) is 11.1. The highest BCUT2D eigenvalue weighted by Crippen LogP contribution is 2.58. The zero-order chi connectivity index (χ0) is 10.2. The molecule has 0 aromatic carbocycles. The quantitative estimate of drug-likeness (QED) is 0.693. The lowest BCUT2D eigenvalue weighted by Crippen LogP contribution is -2.18. The molecule has 0 aliphatic heterocycles. The van der Waals surface area contributed by atoms with Crippen molar-refractivity contribution in [3.05, 3.63) is 22.9 Å². The molecule has 72 valence electrons. The summed E-state index contributed by atoms with van der Waals surface area (Å²) in [5.41, 5.74) is 0. The second-order valence-corrected chi connectivity index (χ2v) is 6.13. The highest BCUT2D eigenvalue weighted by atomic mass is 35.9. The molecule has 1 unspecified atom stereocenters. The zero-order valence-corrected chi connectivity index (χ0v) is 9.07. The molecule has 0 radical (unpaired) electrons. The molecule has 3 nitrogen and oxygen atoms in total. The van der Waals surface area contributed by atoms with Gasteiger partial charge in [0.05, 0.1) is 0 Å². The monoisotopic (exact) mass is 240 g/mol. The summed E-state index contributed by atoms with van der Waals surface area (Å²) in [7, 11) is 0. The summed E-state index contributed by atoms with van der Waals surface area (Å²) in [6, 6.07) is 0. The summed E-state index contributed by atoms with van der Waals surface area (Å²) in [5.74, 6) is -2.17. The first-order valence-electron chi connectivity index (χ1n) is 3.45. The minimum atomic E-state index is -1.54. The molecule has 0 aromatic heterocycles. The van der Waals surface area contributed by atoms with Crippen LogP contribution in [-0.4, -0.2) is 16.0 Å². The van der Waals surface area contributed by atoms with Crippen molar-refractivity contribution in [3.8, 4) is 0 Å². The van der Waals surface area contributed by atoms with E-state index >= 15 is 0 Å². The summed E-state index contributed by atoms with van der Waals surface area (Å²) in [5, 5.41) is 18.7. The summed E-state index contributed by atoms with van der Waals surface area (Å²) in [6.07, 6.45) is 1.46. The normalized spacial score (nSPS) is 23.8. The molecule has 0 saturated heterocycles. The third-order valence-electron chi connectivity index (χ3n) is 1.70. The molecule has 1 rings (SSSR count). The van der Waals surface area contributed by atoms with Crippen LogP contribution in [0, 0.1) is 5.92 Å². The number of hydrogen-bond donors (Lipinski definition) is 2. The Hall–Kier alpha value is -0.240. The molecule has 0 aromatic rings. The number of allylic oxidation sites excluding steroid dienone is 3. The number of carbonyl (C=O) groups is 1. The van der Waals surface area contributed by atoms with E-state index in [0.29, 0.717) is 0 Å². The Morgan fingerprint density at radius 3 is 2.38 bits per heavy atom. The van der Waals surface area contributed by atoms with Gasteiger partial charge in [-0.25, -0.2) is 0 Å². The van der Waals surface area contributed by atoms with Crippen LogP contribution >= 0.6 is 29.1 Å². The van der Waals surface area contributed by atoms with Crippen LogP contribution in [-0.2, 0) is 4.79 Å². The highest BCUT2D eigenvalue weighted by Gasteiger charge is 2.29. The van der Waals surface area contributed by atoms with Crippen LogP contribution in [0.2, 0.25) is 0 Å². The van der Waals surface area contributed by atoms with Gasteiger partial charge >= 0.3 is 0 Å². The van der Waals surface area contributed by atoms with Gasteiger partial charge < -0.3 is 10.2 Å². The fraction of sp³-hybridized carbons (Fsp3) is 0.286. The van der Waals surface area contributed by atoms with E-state index in [-0.39, 0.29) is 5.31 Å². The molecule has 1 aliphatic rings. The van der Waals surface area contributed by atoms with Crippen LogP contribution in [0.5, 0.6) is 0 Å². The van der Waals surface area contributed by atoms with Gasteiger partial charge in [-0.05, 0) is 0 Å². The number of ketones is 1. The first kappa shape index (κ1) is 10.8. The molecule has 2 N–H and O–H groups in total.